The average Bonchev–Trinajstić information content (AvgIpc) is 1.81. The minimum atomic E-state index is 0. The van der Waals surface area contributed by atoms with Crippen LogP contribution in [0.15, 0.2) is 0 Å². The summed E-state index contributed by atoms with van der Waals surface area (Å²) in [5.74, 6) is 0. The molecule has 0 aromatic carbocycles. The summed E-state index contributed by atoms with van der Waals surface area (Å²) >= 11 is 0. The van der Waals surface area contributed by atoms with Crippen molar-refractivity contribution >= 4 is 0 Å². The van der Waals surface area contributed by atoms with Gasteiger partial charge in [-0.3, -0.25) is 0 Å². The topological polar surface area (TPSA) is 29.5 Å². The van der Waals surface area contributed by atoms with Gasteiger partial charge < -0.3 is 9.84 Å². The predicted octanol–water partition coefficient (Wildman–Crippen LogP) is -2.20. The zero-order valence-electron chi connectivity index (χ0n) is 6.39. The molecule has 0 aliphatic rings. The Morgan fingerprint density at radius 3 is 2.44 bits per heavy atom. The number of aliphatic hydroxyl groups is 1. The van der Waals surface area contributed by atoms with Crippen LogP contribution in [0.25, 0.3) is 0 Å². The summed E-state index contributed by atoms with van der Waals surface area (Å²) in [6.45, 7) is 3.53. The summed E-state index contributed by atoms with van der Waals surface area (Å²) in [5, 5.41) is 8.24. The Balaban J connectivity index is 0. The molecule has 9 heavy (non-hydrogen) atoms. The first kappa shape index (κ1) is 12.6. The van der Waals surface area contributed by atoms with Crippen molar-refractivity contribution < 1.29 is 39.4 Å². The van der Waals surface area contributed by atoms with Crippen molar-refractivity contribution in [1.29, 1.82) is 0 Å². The van der Waals surface area contributed by atoms with Crippen LogP contribution >= 0.6 is 0 Å². The molecule has 0 aliphatic carbocycles. The van der Waals surface area contributed by atoms with E-state index in [9.17, 15) is 0 Å². The molecule has 3 heteroatoms. The number of aliphatic hydroxyl groups excluding tert-OH is 1. The SMILES string of the molecule is CCCCOCCO.[Na+]. The van der Waals surface area contributed by atoms with Gasteiger partial charge in [0.05, 0.1) is 13.2 Å². The average molecular weight is 141 g/mol. The van der Waals surface area contributed by atoms with Crippen LogP contribution in [0.2, 0.25) is 0 Å². The van der Waals surface area contributed by atoms with Gasteiger partial charge in [-0.2, -0.15) is 0 Å². The van der Waals surface area contributed by atoms with Crippen molar-refractivity contribution in [3.05, 3.63) is 0 Å². The Kier molecular flexibility index (Phi) is 16.3. The first-order valence-electron chi connectivity index (χ1n) is 3.10. The second-order valence-electron chi connectivity index (χ2n) is 1.69. The van der Waals surface area contributed by atoms with Crippen LogP contribution in [-0.2, 0) is 4.74 Å². The predicted molar refractivity (Wildman–Crippen MR) is 32.8 cm³/mol. The third-order valence-corrected chi connectivity index (χ3v) is 0.878. The monoisotopic (exact) mass is 141 g/mol. The van der Waals surface area contributed by atoms with Crippen molar-refractivity contribution in [2.24, 2.45) is 0 Å². The van der Waals surface area contributed by atoms with Crippen LogP contribution in [0.4, 0.5) is 0 Å². The van der Waals surface area contributed by atoms with Crippen molar-refractivity contribution in [3.63, 3.8) is 0 Å². The fraction of sp³-hybridized carbons (Fsp3) is 1.00. The Bertz CT molecular complexity index is 36.0. The maximum atomic E-state index is 8.24. The Hall–Kier alpha value is 0.920. The molecule has 0 bridgehead atoms. The molecule has 0 rings (SSSR count). The smallest absolute Gasteiger partial charge is 0.394 e. The molecule has 1 N–H and O–H groups in total. The molecule has 50 valence electrons. The minimum Gasteiger partial charge on any atom is -0.394 e. The van der Waals surface area contributed by atoms with Crippen molar-refractivity contribution in [3.8, 4) is 0 Å². The van der Waals surface area contributed by atoms with E-state index in [1.807, 2.05) is 0 Å². The first-order valence-corrected chi connectivity index (χ1v) is 3.10. The van der Waals surface area contributed by atoms with Crippen LogP contribution in [0, 0.1) is 0 Å². The molecule has 0 atom stereocenters. The van der Waals surface area contributed by atoms with E-state index >= 15 is 0 Å². The van der Waals surface area contributed by atoms with Gasteiger partial charge in [-0.15, -0.1) is 0 Å². The van der Waals surface area contributed by atoms with E-state index in [0.717, 1.165) is 19.4 Å². The molecule has 0 aromatic rings. The maximum Gasteiger partial charge on any atom is 1.00 e. The van der Waals surface area contributed by atoms with E-state index < -0.39 is 0 Å². The number of hydrogen-bond acceptors (Lipinski definition) is 2. The van der Waals surface area contributed by atoms with Gasteiger partial charge in [0.15, 0.2) is 0 Å². The van der Waals surface area contributed by atoms with Gasteiger partial charge in [-0.1, -0.05) is 13.3 Å². The normalized spacial score (nSPS) is 8.67. The summed E-state index contributed by atoms with van der Waals surface area (Å²) in [5.41, 5.74) is 0. The number of rotatable bonds is 5. The van der Waals surface area contributed by atoms with E-state index in [2.05, 4.69) is 6.92 Å². The van der Waals surface area contributed by atoms with Crippen LogP contribution < -0.4 is 29.6 Å². The van der Waals surface area contributed by atoms with Gasteiger partial charge >= 0.3 is 29.6 Å². The van der Waals surface area contributed by atoms with Crippen LogP contribution in [0.3, 0.4) is 0 Å². The van der Waals surface area contributed by atoms with Crippen LogP contribution in [0.5, 0.6) is 0 Å². The molecule has 0 fully saturated rings. The fourth-order valence-corrected chi connectivity index (χ4v) is 0.413. The standard InChI is InChI=1S/C6H14O2.Na/c1-2-3-5-8-6-4-7;/h7H,2-6H2,1H3;/q;+1. The van der Waals surface area contributed by atoms with Crippen LogP contribution in [0.1, 0.15) is 19.8 Å². The molecule has 0 saturated carbocycles. The molecular formula is C6H14NaO2+. The van der Waals surface area contributed by atoms with Crippen molar-refractivity contribution in [2.45, 2.75) is 19.8 Å². The van der Waals surface area contributed by atoms with E-state index in [4.69, 9.17) is 9.84 Å². The van der Waals surface area contributed by atoms with Gasteiger partial charge in [-0.25, -0.2) is 0 Å². The van der Waals surface area contributed by atoms with Gasteiger partial charge in [0.1, 0.15) is 0 Å². The second kappa shape index (κ2) is 11.7. The molecule has 0 radical (unpaired) electrons. The Labute approximate surface area is 78.9 Å². The summed E-state index contributed by atoms with van der Waals surface area (Å²) in [6, 6.07) is 0. The molecule has 0 aromatic heterocycles. The van der Waals surface area contributed by atoms with E-state index in [0.29, 0.717) is 6.61 Å². The van der Waals surface area contributed by atoms with E-state index in [-0.39, 0.29) is 36.2 Å². The zero-order valence-corrected chi connectivity index (χ0v) is 8.39. The van der Waals surface area contributed by atoms with Gasteiger partial charge in [0.2, 0.25) is 0 Å². The summed E-state index contributed by atoms with van der Waals surface area (Å²) in [7, 11) is 0. The molecule has 0 aliphatic heterocycles. The van der Waals surface area contributed by atoms with Gasteiger partial charge in [0, 0.05) is 6.61 Å². The number of unbranched alkanes of at least 4 members (excludes halogenated alkanes) is 1. The summed E-state index contributed by atoms with van der Waals surface area (Å²) < 4.78 is 4.97. The minimum absolute atomic E-state index is 0. The number of hydrogen-bond donors (Lipinski definition) is 1. The molecule has 0 saturated heterocycles. The van der Waals surface area contributed by atoms with E-state index in [1.165, 1.54) is 0 Å². The Morgan fingerprint density at radius 2 is 2.00 bits per heavy atom. The number of ether oxygens (including phenoxy) is 1. The largest absolute Gasteiger partial charge is 1.00 e. The molecular weight excluding hydrogens is 127 g/mol. The molecule has 0 spiro atoms. The zero-order chi connectivity index (χ0) is 6.24. The first-order chi connectivity index (χ1) is 3.91. The third kappa shape index (κ3) is 12.2. The van der Waals surface area contributed by atoms with Crippen LogP contribution in [-0.4, -0.2) is 24.9 Å². The fourth-order valence-electron chi connectivity index (χ4n) is 0.413. The molecule has 0 heterocycles. The maximum absolute atomic E-state index is 8.24. The van der Waals surface area contributed by atoms with Crippen molar-refractivity contribution in [2.75, 3.05) is 19.8 Å². The van der Waals surface area contributed by atoms with Gasteiger partial charge in [-0.05, 0) is 6.42 Å². The summed E-state index contributed by atoms with van der Waals surface area (Å²) in [4.78, 5) is 0. The van der Waals surface area contributed by atoms with Gasteiger partial charge in [0.25, 0.3) is 0 Å². The molecule has 0 unspecified atom stereocenters. The van der Waals surface area contributed by atoms with Crippen molar-refractivity contribution in [1.82, 2.24) is 0 Å². The Morgan fingerprint density at radius 1 is 1.33 bits per heavy atom. The third-order valence-electron chi connectivity index (χ3n) is 0.878. The quantitative estimate of drug-likeness (QED) is 0.348. The van der Waals surface area contributed by atoms with E-state index in [1.54, 1.807) is 0 Å². The molecule has 0 amide bonds. The summed E-state index contributed by atoms with van der Waals surface area (Å²) in [6.07, 6.45) is 2.26. The second-order valence-corrected chi connectivity index (χ2v) is 1.69. The molecule has 2 nitrogen and oxygen atoms in total.